The number of carbonyl (C=O) groups excluding carboxylic acids is 3. The average Bonchev–Trinajstić information content (AvgIpc) is 3.13. The summed E-state index contributed by atoms with van der Waals surface area (Å²) in [4.78, 5) is 39.0. The summed E-state index contributed by atoms with van der Waals surface area (Å²) in [6.45, 7) is -0.0791. The van der Waals surface area contributed by atoms with Crippen LogP contribution in [0.25, 0.3) is 6.08 Å². The monoisotopic (exact) mass is 576 g/mol. The molecule has 0 spiro atoms. The predicted octanol–water partition coefficient (Wildman–Crippen LogP) is 6.78. The summed E-state index contributed by atoms with van der Waals surface area (Å²) in [7, 11) is 0. The highest BCUT2D eigenvalue weighted by Gasteiger charge is 2.35. The van der Waals surface area contributed by atoms with Gasteiger partial charge in [0.2, 0.25) is 0 Å². The zero-order valence-corrected chi connectivity index (χ0v) is 22.2. The molecule has 3 aromatic carbocycles. The van der Waals surface area contributed by atoms with Gasteiger partial charge < -0.3 is 14.8 Å². The molecule has 1 saturated heterocycles. The molecule has 0 aliphatic carbocycles. The zero-order chi connectivity index (χ0) is 26.4. The minimum absolute atomic E-state index is 0.0778. The van der Waals surface area contributed by atoms with Crippen LogP contribution in [-0.4, -0.2) is 41.7 Å². The number of amides is 3. The second-order valence-corrected chi connectivity index (χ2v) is 9.96. The third-order valence-corrected chi connectivity index (χ3v) is 6.66. The molecule has 1 aliphatic heterocycles. The summed E-state index contributed by atoms with van der Waals surface area (Å²) in [5.41, 5.74) is 1.03. The minimum Gasteiger partial charge on any atom is -0.492 e. The topological polar surface area (TPSA) is 84.9 Å². The maximum absolute atomic E-state index is 12.9. The van der Waals surface area contributed by atoms with Crippen LogP contribution in [0.5, 0.6) is 11.5 Å². The molecule has 1 fully saturated rings. The Labute approximate surface area is 232 Å². The van der Waals surface area contributed by atoms with E-state index in [1.165, 1.54) is 6.08 Å². The van der Waals surface area contributed by atoms with E-state index in [4.69, 9.17) is 44.3 Å². The van der Waals surface area contributed by atoms with Crippen molar-refractivity contribution in [2.75, 3.05) is 25.1 Å². The molecule has 1 N–H and O–H groups in total. The van der Waals surface area contributed by atoms with Gasteiger partial charge in [-0.2, -0.15) is 0 Å². The van der Waals surface area contributed by atoms with Crippen molar-refractivity contribution in [3.05, 3.63) is 92.3 Å². The number of halogens is 3. The summed E-state index contributed by atoms with van der Waals surface area (Å²) >= 11 is 18.7. The van der Waals surface area contributed by atoms with Crippen molar-refractivity contribution >= 4 is 75.4 Å². The van der Waals surface area contributed by atoms with Crippen LogP contribution in [0.3, 0.4) is 0 Å². The molecule has 0 aromatic heterocycles. The van der Waals surface area contributed by atoms with E-state index in [1.54, 1.807) is 66.7 Å². The molecule has 0 bridgehead atoms. The third-order valence-electron chi connectivity index (χ3n) is 5.02. The van der Waals surface area contributed by atoms with Crippen LogP contribution in [0.2, 0.25) is 15.1 Å². The Morgan fingerprint density at radius 1 is 0.892 bits per heavy atom. The van der Waals surface area contributed by atoms with Gasteiger partial charge in [0.1, 0.15) is 18.1 Å². The third kappa shape index (κ3) is 7.42. The summed E-state index contributed by atoms with van der Waals surface area (Å²) in [6, 6.07) is 18.2. The highest BCUT2D eigenvalue weighted by molar-refractivity contribution is 8.18. The number of hydrogen-bond acceptors (Lipinski definition) is 6. The van der Waals surface area contributed by atoms with Gasteiger partial charge in [-0.25, -0.2) is 0 Å². The largest absolute Gasteiger partial charge is 0.492 e. The van der Waals surface area contributed by atoms with Crippen LogP contribution in [-0.2, 0) is 9.59 Å². The number of thioether (sulfide) groups is 1. The number of carbonyl (C=O) groups is 3. The maximum atomic E-state index is 12.9. The molecule has 4 rings (SSSR count). The molecule has 1 heterocycles. The van der Waals surface area contributed by atoms with E-state index >= 15 is 0 Å². The Kier molecular flexibility index (Phi) is 9.00. The van der Waals surface area contributed by atoms with E-state index in [9.17, 15) is 14.4 Å². The number of ether oxygens (including phenoxy) is 2. The van der Waals surface area contributed by atoms with Crippen LogP contribution in [0, 0.1) is 0 Å². The van der Waals surface area contributed by atoms with Crippen molar-refractivity contribution in [3.8, 4) is 11.5 Å². The molecule has 1 aliphatic rings. The molecule has 190 valence electrons. The van der Waals surface area contributed by atoms with Crippen molar-refractivity contribution in [1.29, 1.82) is 0 Å². The second-order valence-electron chi connectivity index (χ2n) is 7.66. The summed E-state index contributed by atoms with van der Waals surface area (Å²) in [6.07, 6.45) is 1.52. The normalized spacial score (nSPS) is 14.2. The van der Waals surface area contributed by atoms with Gasteiger partial charge >= 0.3 is 0 Å². The van der Waals surface area contributed by atoms with Crippen molar-refractivity contribution in [1.82, 2.24) is 4.90 Å². The quantitative estimate of drug-likeness (QED) is 0.282. The van der Waals surface area contributed by atoms with E-state index in [0.29, 0.717) is 37.8 Å². The Morgan fingerprint density at radius 3 is 2.24 bits per heavy atom. The summed E-state index contributed by atoms with van der Waals surface area (Å²) in [5, 5.41) is 3.83. The first-order chi connectivity index (χ1) is 17.8. The molecular formula is C26H19Cl3N2O5S. The Bertz CT molecular complexity index is 1350. The lowest BCUT2D eigenvalue weighted by atomic mass is 10.2. The van der Waals surface area contributed by atoms with Crippen molar-refractivity contribution in [3.63, 3.8) is 0 Å². The number of imide groups is 1. The number of rotatable bonds is 9. The lowest BCUT2D eigenvalue weighted by molar-refractivity contribution is -0.123. The van der Waals surface area contributed by atoms with E-state index in [0.717, 1.165) is 16.7 Å². The first kappa shape index (κ1) is 26.9. The van der Waals surface area contributed by atoms with Gasteiger partial charge in [0.05, 0.1) is 11.4 Å². The Hall–Kier alpha value is -3.17. The molecule has 3 amide bonds. The minimum atomic E-state index is -0.457. The van der Waals surface area contributed by atoms with Crippen LogP contribution in [0.15, 0.2) is 71.6 Å². The molecule has 3 aromatic rings. The first-order valence-corrected chi connectivity index (χ1v) is 12.8. The fraction of sp³-hybridized carbons (Fsp3) is 0.115. The molecule has 37 heavy (non-hydrogen) atoms. The van der Waals surface area contributed by atoms with E-state index < -0.39 is 11.1 Å². The number of hydrogen-bond donors (Lipinski definition) is 1. The SMILES string of the molecule is O=C(COc1ccc(Cl)cc1/C=C1\SC(=O)N(CCOc2ccc(Cl)cc2)C1=O)Nc1ccc(Cl)cc1. The van der Waals surface area contributed by atoms with Crippen molar-refractivity contribution < 1.29 is 23.9 Å². The van der Waals surface area contributed by atoms with Gasteiger partial charge in [0.25, 0.3) is 17.1 Å². The second kappa shape index (κ2) is 12.4. The van der Waals surface area contributed by atoms with Crippen LogP contribution in [0.1, 0.15) is 5.56 Å². The summed E-state index contributed by atoms with van der Waals surface area (Å²) in [5.74, 6) is 0.0617. The molecule has 7 nitrogen and oxygen atoms in total. The zero-order valence-electron chi connectivity index (χ0n) is 19.1. The Balaban J connectivity index is 1.39. The number of benzene rings is 3. The van der Waals surface area contributed by atoms with E-state index in [1.807, 2.05) is 0 Å². The van der Waals surface area contributed by atoms with Gasteiger partial charge in [0, 0.05) is 26.3 Å². The fourth-order valence-corrected chi connectivity index (χ4v) is 4.55. The van der Waals surface area contributed by atoms with Gasteiger partial charge in [-0.15, -0.1) is 0 Å². The smallest absolute Gasteiger partial charge is 0.293 e. The van der Waals surface area contributed by atoms with Gasteiger partial charge in [-0.3, -0.25) is 19.3 Å². The number of anilines is 1. The lowest BCUT2D eigenvalue weighted by Gasteiger charge is -2.13. The number of nitrogens with one attached hydrogen (secondary N) is 1. The van der Waals surface area contributed by atoms with Crippen molar-refractivity contribution in [2.24, 2.45) is 0 Å². The standard InChI is InChI=1S/C26H19Cl3N2O5S/c27-17-1-6-20(7-2-17)30-24(32)15-36-22-10-5-19(29)13-16(22)14-23-25(33)31(26(34)37-23)11-12-35-21-8-3-18(28)4-9-21/h1-10,13-14H,11-12,15H2,(H,30,32)/b23-14-. The molecule has 0 saturated carbocycles. The van der Waals surface area contributed by atoms with Crippen LogP contribution < -0.4 is 14.8 Å². The summed E-state index contributed by atoms with van der Waals surface area (Å²) < 4.78 is 11.3. The molecule has 0 radical (unpaired) electrons. The first-order valence-electron chi connectivity index (χ1n) is 10.9. The van der Waals surface area contributed by atoms with Crippen LogP contribution >= 0.6 is 46.6 Å². The molecule has 0 unspecified atom stereocenters. The molecular weight excluding hydrogens is 559 g/mol. The number of nitrogens with zero attached hydrogens (tertiary/aromatic N) is 1. The molecule has 11 heteroatoms. The van der Waals surface area contributed by atoms with Gasteiger partial charge in [-0.1, -0.05) is 34.8 Å². The van der Waals surface area contributed by atoms with E-state index in [-0.39, 0.29) is 30.6 Å². The highest BCUT2D eigenvalue weighted by Crippen LogP contribution is 2.35. The lowest BCUT2D eigenvalue weighted by Crippen LogP contribution is -2.32. The average molecular weight is 578 g/mol. The molecule has 0 atom stereocenters. The van der Waals surface area contributed by atoms with Crippen LogP contribution in [0.4, 0.5) is 10.5 Å². The predicted molar refractivity (Wildman–Crippen MR) is 147 cm³/mol. The fourth-order valence-electron chi connectivity index (χ4n) is 3.26. The highest BCUT2D eigenvalue weighted by atomic mass is 35.5. The van der Waals surface area contributed by atoms with Crippen molar-refractivity contribution in [2.45, 2.75) is 0 Å². The Morgan fingerprint density at radius 2 is 1.54 bits per heavy atom. The van der Waals surface area contributed by atoms with Gasteiger partial charge in [-0.05, 0) is 84.6 Å². The maximum Gasteiger partial charge on any atom is 0.293 e. The van der Waals surface area contributed by atoms with Gasteiger partial charge in [0.15, 0.2) is 6.61 Å². The van der Waals surface area contributed by atoms with E-state index in [2.05, 4.69) is 5.32 Å².